The molecule has 32 heavy (non-hydrogen) atoms. The fourth-order valence-corrected chi connectivity index (χ4v) is 5.25. The number of aryl methyl sites for hydroxylation is 3. The zero-order valence-electron chi connectivity index (χ0n) is 18.1. The number of anilines is 1. The topological polar surface area (TPSA) is 85.2 Å². The first-order chi connectivity index (χ1) is 15.2. The van der Waals surface area contributed by atoms with Gasteiger partial charge in [0.15, 0.2) is 15.0 Å². The van der Waals surface area contributed by atoms with Crippen molar-refractivity contribution in [2.75, 3.05) is 17.7 Å². The molecule has 0 spiro atoms. The summed E-state index contributed by atoms with van der Waals surface area (Å²) < 4.78 is 26.6. The lowest BCUT2D eigenvalue weighted by Gasteiger charge is -2.20. The van der Waals surface area contributed by atoms with E-state index >= 15 is 0 Å². The Morgan fingerprint density at radius 3 is 2.44 bits per heavy atom. The molecule has 7 nitrogen and oxygen atoms in total. The lowest BCUT2D eigenvalue weighted by Crippen LogP contribution is -2.32. The lowest BCUT2D eigenvalue weighted by molar-refractivity contribution is 0.0986. The van der Waals surface area contributed by atoms with Crippen molar-refractivity contribution >= 4 is 42.4 Å². The molecule has 0 saturated carbocycles. The Kier molecular flexibility index (Phi) is 6.12. The minimum atomic E-state index is -3.33. The van der Waals surface area contributed by atoms with Gasteiger partial charge in [-0.25, -0.2) is 18.4 Å². The fraction of sp³-hybridized carbons (Fsp3) is 0.261. The number of hydrogen-bond acceptors (Lipinski definition) is 6. The molecule has 2 aromatic heterocycles. The monoisotopic (exact) mass is 468 g/mol. The van der Waals surface area contributed by atoms with Crippen molar-refractivity contribution in [1.82, 2.24) is 14.5 Å². The molecule has 4 aromatic rings. The van der Waals surface area contributed by atoms with Crippen LogP contribution in [0.4, 0.5) is 5.13 Å². The SMILES string of the molecule is Cc1ccc(C)c2sc(N(CCCn3ccnc3)C(=O)c3ccc(S(C)(=O)=O)cc3)nc12. The van der Waals surface area contributed by atoms with Crippen LogP contribution < -0.4 is 4.90 Å². The summed E-state index contributed by atoms with van der Waals surface area (Å²) in [7, 11) is -3.33. The summed E-state index contributed by atoms with van der Waals surface area (Å²) in [6.07, 6.45) is 7.24. The number of carbonyl (C=O) groups excluding carboxylic acids is 1. The molecule has 0 atom stereocenters. The molecule has 0 N–H and O–H groups in total. The van der Waals surface area contributed by atoms with Gasteiger partial charge in [-0.3, -0.25) is 9.69 Å². The van der Waals surface area contributed by atoms with Crippen LogP contribution in [0, 0.1) is 13.8 Å². The van der Waals surface area contributed by atoms with Crippen molar-refractivity contribution in [2.24, 2.45) is 0 Å². The van der Waals surface area contributed by atoms with E-state index < -0.39 is 9.84 Å². The van der Waals surface area contributed by atoms with Crippen LogP contribution in [0.5, 0.6) is 0 Å². The number of thiazole rings is 1. The van der Waals surface area contributed by atoms with E-state index in [1.807, 2.05) is 30.7 Å². The molecule has 0 aliphatic heterocycles. The first-order valence-electron chi connectivity index (χ1n) is 10.2. The second-order valence-electron chi connectivity index (χ2n) is 7.78. The van der Waals surface area contributed by atoms with E-state index in [1.165, 1.54) is 23.5 Å². The summed E-state index contributed by atoms with van der Waals surface area (Å²) in [5.74, 6) is -0.204. The highest BCUT2D eigenvalue weighted by atomic mass is 32.2. The number of aromatic nitrogens is 3. The molecule has 166 valence electrons. The van der Waals surface area contributed by atoms with Crippen molar-refractivity contribution in [3.63, 3.8) is 0 Å². The maximum Gasteiger partial charge on any atom is 0.260 e. The van der Waals surface area contributed by atoms with Crippen molar-refractivity contribution in [3.8, 4) is 0 Å². The Morgan fingerprint density at radius 2 is 1.81 bits per heavy atom. The molecule has 0 aliphatic carbocycles. The van der Waals surface area contributed by atoms with Crippen LogP contribution in [0.1, 0.15) is 27.9 Å². The lowest BCUT2D eigenvalue weighted by atomic mass is 10.1. The molecule has 0 radical (unpaired) electrons. The molecule has 2 aromatic carbocycles. The Morgan fingerprint density at radius 1 is 1.09 bits per heavy atom. The van der Waals surface area contributed by atoms with Crippen LogP contribution in [0.15, 0.2) is 60.0 Å². The summed E-state index contributed by atoms with van der Waals surface area (Å²) in [5, 5.41) is 0.639. The number of carbonyl (C=O) groups is 1. The Balaban J connectivity index is 1.67. The van der Waals surface area contributed by atoms with Crippen LogP contribution >= 0.6 is 11.3 Å². The average Bonchev–Trinajstić information content (AvgIpc) is 3.44. The van der Waals surface area contributed by atoms with E-state index in [1.54, 1.807) is 29.6 Å². The zero-order chi connectivity index (χ0) is 22.9. The van der Waals surface area contributed by atoms with Gasteiger partial charge in [0.2, 0.25) is 0 Å². The second kappa shape index (κ2) is 8.84. The quantitative estimate of drug-likeness (QED) is 0.405. The van der Waals surface area contributed by atoms with Gasteiger partial charge in [0, 0.05) is 37.3 Å². The maximum atomic E-state index is 13.5. The Hall–Kier alpha value is -3.04. The molecule has 2 heterocycles. The van der Waals surface area contributed by atoms with Crippen LogP contribution in [0.2, 0.25) is 0 Å². The van der Waals surface area contributed by atoms with Gasteiger partial charge in [0.1, 0.15) is 0 Å². The molecule has 0 aliphatic rings. The van der Waals surface area contributed by atoms with Gasteiger partial charge in [-0.05, 0) is 55.7 Å². The van der Waals surface area contributed by atoms with Gasteiger partial charge >= 0.3 is 0 Å². The average molecular weight is 469 g/mol. The van der Waals surface area contributed by atoms with Crippen LogP contribution in [-0.4, -0.2) is 41.7 Å². The van der Waals surface area contributed by atoms with Crippen LogP contribution in [0.25, 0.3) is 10.2 Å². The van der Waals surface area contributed by atoms with Crippen molar-refractivity contribution in [3.05, 3.63) is 71.8 Å². The third-order valence-electron chi connectivity index (χ3n) is 5.29. The standard InChI is InChI=1S/C23H24N4O3S2/c1-16-5-6-17(2)21-20(16)25-23(31-21)27(13-4-12-26-14-11-24-15-26)22(28)18-7-9-19(10-8-18)32(3,29)30/h5-11,14-15H,4,12-13H2,1-3H3. The third kappa shape index (κ3) is 4.58. The molecular formula is C23H24N4O3S2. The molecule has 4 rings (SSSR count). The summed E-state index contributed by atoms with van der Waals surface area (Å²) in [4.78, 5) is 24.2. The molecule has 0 fully saturated rings. The molecule has 9 heteroatoms. The van der Waals surface area contributed by atoms with E-state index in [-0.39, 0.29) is 10.8 Å². The first-order valence-corrected chi connectivity index (χ1v) is 12.9. The fourth-order valence-electron chi connectivity index (χ4n) is 3.48. The highest BCUT2D eigenvalue weighted by molar-refractivity contribution is 7.90. The number of imidazole rings is 1. The van der Waals surface area contributed by atoms with Gasteiger partial charge in [-0.1, -0.05) is 23.5 Å². The summed E-state index contributed by atoms with van der Waals surface area (Å²) >= 11 is 1.50. The van der Waals surface area contributed by atoms with Crippen molar-refractivity contribution in [2.45, 2.75) is 31.7 Å². The van der Waals surface area contributed by atoms with E-state index in [4.69, 9.17) is 4.98 Å². The van der Waals surface area contributed by atoms with E-state index in [0.29, 0.717) is 17.2 Å². The minimum absolute atomic E-state index is 0.187. The number of fused-ring (bicyclic) bond motifs is 1. The molecule has 0 bridgehead atoms. The number of benzene rings is 2. The van der Waals surface area contributed by atoms with Crippen LogP contribution in [0.3, 0.4) is 0 Å². The largest absolute Gasteiger partial charge is 0.337 e. The Labute approximate surface area is 191 Å². The van der Waals surface area contributed by atoms with Gasteiger partial charge in [0.05, 0.1) is 21.4 Å². The number of rotatable bonds is 7. The smallest absolute Gasteiger partial charge is 0.260 e. The highest BCUT2D eigenvalue weighted by Crippen LogP contribution is 2.34. The second-order valence-corrected chi connectivity index (χ2v) is 10.8. The predicted molar refractivity (Wildman–Crippen MR) is 127 cm³/mol. The first kappa shape index (κ1) is 22.2. The van der Waals surface area contributed by atoms with Crippen molar-refractivity contribution < 1.29 is 13.2 Å². The number of hydrogen-bond donors (Lipinski definition) is 0. The normalized spacial score (nSPS) is 11.7. The highest BCUT2D eigenvalue weighted by Gasteiger charge is 2.22. The maximum absolute atomic E-state index is 13.5. The summed E-state index contributed by atoms with van der Waals surface area (Å²) in [6.45, 7) is 5.25. The van der Waals surface area contributed by atoms with E-state index in [0.717, 1.165) is 40.6 Å². The van der Waals surface area contributed by atoms with Gasteiger partial charge < -0.3 is 4.57 Å². The van der Waals surface area contributed by atoms with Gasteiger partial charge in [-0.2, -0.15) is 0 Å². The van der Waals surface area contributed by atoms with Crippen molar-refractivity contribution in [1.29, 1.82) is 0 Å². The van der Waals surface area contributed by atoms with E-state index in [9.17, 15) is 13.2 Å². The third-order valence-corrected chi connectivity index (χ3v) is 7.64. The molecule has 1 amide bonds. The van der Waals surface area contributed by atoms with Gasteiger partial charge in [0.25, 0.3) is 5.91 Å². The molecule has 0 unspecified atom stereocenters. The van der Waals surface area contributed by atoms with E-state index in [2.05, 4.69) is 11.1 Å². The van der Waals surface area contributed by atoms with Crippen LogP contribution in [-0.2, 0) is 16.4 Å². The zero-order valence-corrected chi connectivity index (χ0v) is 19.8. The number of amides is 1. The summed E-state index contributed by atoms with van der Waals surface area (Å²) in [5.41, 5.74) is 3.52. The Bertz CT molecular complexity index is 1320. The summed E-state index contributed by atoms with van der Waals surface area (Å²) in [6, 6.07) is 10.2. The minimum Gasteiger partial charge on any atom is -0.337 e. The van der Waals surface area contributed by atoms with Gasteiger partial charge in [-0.15, -0.1) is 0 Å². The molecular weight excluding hydrogens is 444 g/mol. The predicted octanol–water partition coefficient (Wildman–Crippen LogP) is 4.25. The number of sulfone groups is 1. The number of nitrogens with zero attached hydrogens (tertiary/aromatic N) is 4. The molecule has 0 saturated heterocycles.